The van der Waals surface area contributed by atoms with Crippen LogP contribution in [0.25, 0.3) is 0 Å². The molecule has 0 radical (unpaired) electrons. The van der Waals surface area contributed by atoms with Gasteiger partial charge in [0, 0.05) is 0 Å². The quantitative estimate of drug-likeness (QED) is 0.746. The number of aryl methyl sites for hydroxylation is 4. The van der Waals surface area contributed by atoms with E-state index in [4.69, 9.17) is 0 Å². The molecular weight excluding hydrogens is 271 g/mol. The molecule has 0 bridgehead atoms. The fourth-order valence-corrected chi connectivity index (χ4v) is 4.04. The van der Waals surface area contributed by atoms with E-state index in [1.54, 1.807) is 0 Å². The molecule has 88 valence electrons. The van der Waals surface area contributed by atoms with Crippen molar-refractivity contribution in [3.63, 3.8) is 0 Å². The Morgan fingerprint density at radius 2 is 1.24 bits per heavy atom. The minimum atomic E-state index is 0.426. The Bertz CT molecular complexity index is 501. The maximum absolute atomic E-state index is 2.29. The molecule has 2 rings (SSSR count). The summed E-state index contributed by atoms with van der Waals surface area (Å²) in [4.78, 5) is 0. The van der Waals surface area contributed by atoms with Crippen LogP contribution in [0.5, 0.6) is 0 Å². The minimum absolute atomic E-state index is 0.426. The molecule has 0 spiro atoms. The second-order valence-corrected chi connectivity index (χ2v) is 6.92. The van der Waals surface area contributed by atoms with E-state index in [1.807, 2.05) is 0 Å². The summed E-state index contributed by atoms with van der Waals surface area (Å²) in [6.07, 6.45) is 0. The van der Waals surface area contributed by atoms with Crippen molar-refractivity contribution >= 4 is 23.9 Å². The van der Waals surface area contributed by atoms with Gasteiger partial charge in [-0.2, -0.15) is 0 Å². The molecule has 0 aliphatic carbocycles. The van der Waals surface area contributed by atoms with E-state index < -0.39 is 0 Å². The van der Waals surface area contributed by atoms with Gasteiger partial charge in [-0.25, -0.2) is 0 Å². The fraction of sp³-hybridized carbons (Fsp3) is 0.250. The zero-order valence-electron chi connectivity index (χ0n) is 10.9. The second kappa shape index (κ2) is 5.08. The average Bonchev–Trinajstić information content (AvgIpc) is 2.26. The van der Waals surface area contributed by atoms with Crippen molar-refractivity contribution in [2.75, 3.05) is 0 Å². The molecular formula is C16H18Se. The van der Waals surface area contributed by atoms with E-state index in [2.05, 4.69) is 64.1 Å². The molecule has 0 heterocycles. The molecule has 0 N–H and O–H groups in total. The summed E-state index contributed by atoms with van der Waals surface area (Å²) in [6.45, 7) is 8.76. The van der Waals surface area contributed by atoms with Gasteiger partial charge in [0.25, 0.3) is 0 Å². The zero-order chi connectivity index (χ0) is 12.4. The molecule has 0 saturated carbocycles. The van der Waals surface area contributed by atoms with E-state index in [1.165, 1.54) is 31.2 Å². The van der Waals surface area contributed by atoms with Crippen molar-refractivity contribution in [1.82, 2.24) is 0 Å². The van der Waals surface area contributed by atoms with Crippen LogP contribution in [0.15, 0.2) is 36.4 Å². The zero-order valence-corrected chi connectivity index (χ0v) is 12.6. The summed E-state index contributed by atoms with van der Waals surface area (Å²) in [6, 6.07) is 13.5. The standard InChI is InChI=1S/C16H18Se/c1-11-5-7-15(8-6-11)17-16-13(3)9-12(2)10-14(16)4/h5-10H,1-4H3. The van der Waals surface area contributed by atoms with E-state index >= 15 is 0 Å². The summed E-state index contributed by atoms with van der Waals surface area (Å²) >= 11 is 0.426. The first kappa shape index (κ1) is 12.4. The van der Waals surface area contributed by atoms with Crippen LogP contribution in [0.4, 0.5) is 0 Å². The Hall–Kier alpha value is -1.04. The molecule has 0 aliphatic rings. The molecule has 1 heteroatoms. The van der Waals surface area contributed by atoms with Crippen molar-refractivity contribution in [2.24, 2.45) is 0 Å². The Morgan fingerprint density at radius 3 is 1.76 bits per heavy atom. The first-order valence-corrected chi connectivity index (χ1v) is 7.60. The van der Waals surface area contributed by atoms with Crippen LogP contribution in [0.3, 0.4) is 0 Å². The van der Waals surface area contributed by atoms with Crippen LogP contribution in [0.1, 0.15) is 22.3 Å². The van der Waals surface area contributed by atoms with Crippen LogP contribution >= 0.6 is 0 Å². The Labute approximate surface area is 110 Å². The van der Waals surface area contributed by atoms with Gasteiger partial charge in [0.15, 0.2) is 0 Å². The van der Waals surface area contributed by atoms with Crippen molar-refractivity contribution in [2.45, 2.75) is 27.7 Å². The number of rotatable bonds is 2. The summed E-state index contributed by atoms with van der Waals surface area (Å²) in [7, 11) is 0. The van der Waals surface area contributed by atoms with Gasteiger partial charge >= 0.3 is 110 Å². The van der Waals surface area contributed by atoms with Gasteiger partial charge in [0.2, 0.25) is 0 Å². The van der Waals surface area contributed by atoms with Crippen molar-refractivity contribution < 1.29 is 0 Å². The molecule has 2 aromatic carbocycles. The fourth-order valence-electron chi connectivity index (χ4n) is 2.05. The Balaban J connectivity index is 2.33. The summed E-state index contributed by atoms with van der Waals surface area (Å²) in [5, 5.41) is 0. The molecule has 0 amide bonds. The molecule has 0 aromatic heterocycles. The predicted octanol–water partition coefficient (Wildman–Crippen LogP) is 2.58. The Morgan fingerprint density at radius 1 is 0.706 bits per heavy atom. The SMILES string of the molecule is Cc1ccc([Se]c2c(C)cc(C)cc2C)cc1. The van der Waals surface area contributed by atoms with Gasteiger partial charge in [-0.1, -0.05) is 0 Å². The van der Waals surface area contributed by atoms with E-state index in [-0.39, 0.29) is 0 Å². The molecule has 0 nitrogen and oxygen atoms in total. The summed E-state index contributed by atoms with van der Waals surface area (Å²) in [5.74, 6) is 0. The average molecular weight is 289 g/mol. The topological polar surface area (TPSA) is 0 Å². The number of hydrogen-bond acceptors (Lipinski definition) is 0. The van der Waals surface area contributed by atoms with Gasteiger partial charge in [0.05, 0.1) is 0 Å². The molecule has 0 unspecified atom stereocenters. The van der Waals surface area contributed by atoms with Gasteiger partial charge in [-0.05, 0) is 0 Å². The summed E-state index contributed by atoms with van der Waals surface area (Å²) in [5.41, 5.74) is 5.57. The summed E-state index contributed by atoms with van der Waals surface area (Å²) < 4.78 is 2.99. The molecule has 0 saturated heterocycles. The van der Waals surface area contributed by atoms with E-state index in [9.17, 15) is 0 Å². The van der Waals surface area contributed by atoms with Crippen molar-refractivity contribution in [1.29, 1.82) is 0 Å². The normalized spacial score (nSPS) is 10.6. The third kappa shape index (κ3) is 3.00. The number of benzene rings is 2. The van der Waals surface area contributed by atoms with Crippen LogP contribution in [0, 0.1) is 27.7 Å². The van der Waals surface area contributed by atoms with Crippen molar-refractivity contribution in [3.8, 4) is 0 Å². The van der Waals surface area contributed by atoms with Crippen LogP contribution in [-0.4, -0.2) is 15.0 Å². The van der Waals surface area contributed by atoms with Crippen LogP contribution in [-0.2, 0) is 0 Å². The molecule has 0 atom stereocenters. The predicted molar refractivity (Wildman–Crippen MR) is 76.9 cm³/mol. The molecule has 17 heavy (non-hydrogen) atoms. The van der Waals surface area contributed by atoms with Crippen LogP contribution < -0.4 is 8.92 Å². The third-order valence-electron chi connectivity index (χ3n) is 2.85. The van der Waals surface area contributed by atoms with Crippen LogP contribution in [0.2, 0.25) is 0 Å². The maximum atomic E-state index is 2.29. The number of hydrogen-bond donors (Lipinski definition) is 0. The van der Waals surface area contributed by atoms with Gasteiger partial charge in [-0.15, -0.1) is 0 Å². The first-order valence-electron chi connectivity index (χ1n) is 5.88. The third-order valence-corrected chi connectivity index (χ3v) is 5.69. The molecule has 0 fully saturated rings. The second-order valence-electron chi connectivity index (χ2n) is 4.64. The van der Waals surface area contributed by atoms with Crippen molar-refractivity contribution in [3.05, 3.63) is 58.7 Å². The van der Waals surface area contributed by atoms with Gasteiger partial charge in [0.1, 0.15) is 0 Å². The molecule has 0 aliphatic heterocycles. The molecule has 2 aromatic rings. The monoisotopic (exact) mass is 290 g/mol. The van der Waals surface area contributed by atoms with Gasteiger partial charge in [-0.3, -0.25) is 0 Å². The van der Waals surface area contributed by atoms with E-state index in [0.29, 0.717) is 15.0 Å². The first-order chi connectivity index (χ1) is 8.06. The van der Waals surface area contributed by atoms with E-state index in [0.717, 1.165) is 0 Å². The van der Waals surface area contributed by atoms with Gasteiger partial charge < -0.3 is 0 Å². The Kier molecular flexibility index (Phi) is 3.71.